The molecule has 2 aromatic carbocycles. The number of hydrogen-bond donors (Lipinski definition) is 1. The van der Waals surface area contributed by atoms with E-state index in [1.165, 1.54) is 5.56 Å². The highest BCUT2D eigenvalue weighted by Gasteiger charge is 2.11. The molecule has 5 heteroatoms. The molecule has 0 saturated carbocycles. The molecule has 4 nitrogen and oxygen atoms in total. The summed E-state index contributed by atoms with van der Waals surface area (Å²) in [6, 6.07) is 11.5. The van der Waals surface area contributed by atoms with E-state index in [0.717, 1.165) is 16.8 Å². The Labute approximate surface area is 154 Å². The second kappa shape index (κ2) is 8.88. The van der Waals surface area contributed by atoms with E-state index in [-0.39, 0.29) is 5.91 Å². The maximum atomic E-state index is 12.3. The first-order valence-electron chi connectivity index (χ1n) is 8.30. The number of aryl methyl sites for hydroxylation is 3. The predicted octanol–water partition coefficient (Wildman–Crippen LogP) is 4.21. The summed E-state index contributed by atoms with van der Waals surface area (Å²) >= 11 is 6.05. The molecule has 0 saturated heterocycles. The van der Waals surface area contributed by atoms with Crippen LogP contribution in [-0.4, -0.2) is 37.6 Å². The van der Waals surface area contributed by atoms with Gasteiger partial charge in [0.15, 0.2) is 0 Å². The lowest BCUT2D eigenvalue weighted by Gasteiger charge is -2.18. The molecule has 0 aromatic heterocycles. The van der Waals surface area contributed by atoms with Gasteiger partial charge in [0.05, 0.1) is 11.6 Å². The van der Waals surface area contributed by atoms with Crippen LogP contribution in [0, 0.1) is 20.8 Å². The van der Waals surface area contributed by atoms with E-state index in [0.29, 0.717) is 30.5 Å². The van der Waals surface area contributed by atoms with Gasteiger partial charge in [-0.15, -0.1) is 0 Å². The van der Waals surface area contributed by atoms with Crippen molar-refractivity contribution in [3.05, 3.63) is 58.1 Å². The molecule has 0 unspecified atom stereocenters. The van der Waals surface area contributed by atoms with E-state index < -0.39 is 0 Å². The number of benzene rings is 2. The number of anilines is 1. The van der Waals surface area contributed by atoms with E-state index in [1.807, 2.05) is 44.0 Å². The molecular weight excluding hydrogens is 336 g/mol. The van der Waals surface area contributed by atoms with Crippen LogP contribution in [0.5, 0.6) is 5.75 Å². The molecule has 0 aliphatic rings. The minimum atomic E-state index is -0.0321. The maximum Gasteiger partial charge on any atom is 0.238 e. The Hall–Kier alpha value is -2.04. The van der Waals surface area contributed by atoms with E-state index in [1.54, 1.807) is 6.07 Å². The van der Waals surface area contributed by atoms with E-state index in [9.17, 15) is 4.79 Å². The molecule has 1 amide bonds. The third-order valence-corrected chi connectivity index (χ3v) is 4.23. The van der Waals surface area contributed by atoms with Crippen LogP contribution in [0.2, 0.25) is 5.02 Å². The van der Waals surface area contributed by atoms with Crippen molar-refractivity contribution in [1.29, 1.82) is 0 Å². The number of nitrogens with one attached hydrogen (secondary N) is 1. The van der Waals surface area contributed by atoms with Crippen molar-refractivity contribution in [2.24, 2.45) is 0 Å². The van der Waals surface area contributed by atoms with Crippen LogP contribution in [-0.2, 0) is 4.79 Å². The number of carbonyl (C=O) groups is 1. The SMILES string of the molecule is Cc1cc(C)c(NC(=O)CN(C)CCOc2ccccc2Cl)c(C)c1. The minimum Gasteiger partial charge on any atom is -0.491 e. The minimum absolute atomic E-state index is 0.0321. The highest BCUT2D eigenvalue weighted by Crippen LogP contribution is 2.23. The maximum absolute atomic E-state index is 12.3. The van der Waals surface area contributed by atoms with Gasteiger partial charge < -0.3 is 10.1 Å². The van der Waals surface area contributed by atoms with Crippen molar-refractivity contribution >= 4 is 23.2 Å². The molecule has 134 valence electrons. The topological polar surface area (TPSA) is 41.6 Å². The normalized spacial score (nSPS) is 10.8. The van der Waals surface area contributed by atoms with Crippen LogP contribution >= 0.6 is 11.6 Å². The zero-order chi connectivity index (χ0) is 18.4. The Morgan fingerprint density at radius 3 is 2.44 bits per heavy atom. The van der Waals surface area contributed by atoms with E-state index >= 15 is 0 Å². The molecule has 2 rings (SSSR count). The largest absolute Gasteiger partial charge is 0.491 e. The summed E-state index contributed by atoms with van der Waals surface area (Å²) in [5.74, 6) is 0.628. The highest BCUT2D eigenvalue weighted by atomic mass is 35.5. The fourth-order valence-corrected chi connectivity index (χ4v) is 2.94. The van der Waals surface area contributed by atoms with Gasteiger partial charge in [-0.2, -0.15) is 0 Å². The van der Waals surface area contributed by atoms with Gasteiger partial charge in [0.25, 0.3) is 0 Å². The monoisotopic (exact) mass is 360 g/mol. The molecule has 0 heterocycles. The summed E-state index contributed by atoms with van der Waals surface area (Å²) in [6.07, 6.45) is 0. The lowest BCUT2D eigenvalue weighted by Crippen LogP contribution is -2.33. The molecule has 0 aliphatic carbocycles. The number of carbonyl (C=O) groups excluding carboxylic acids is 1. The average molecular weight is 361 g/mol. The molecule has 0 atom stereocenters. The van der Waals surface area contributed by atoms with Gasteiger partial charge in [0.2, 0.25) is 5.91 Å². The lowest BCUT2D eigenvalue weighted by atomic mass is 10.1. The second-order valence-corrected chi connectivity index (χ2v) is 6.75. The summed E-state index contributed by atoms with van der Waals surface area (Å²) in [5.41, 5.74) is 4.25. The van der Waals surface area contributed by atoms with Gasteiger partial charge in [0.1, 0.15) is 12.4 Å². The number of halogens is 1. The zero-order valence-electron chi connectivity index (χ0n) is 15.2. The summed E-state index contributed by atoms with van der Waals surface area (Å²) in [6.45, 7) is 7.48. The summed E-state index contributed by atoms with van der Waals surface area (Å²) < 4.78 is 5.65. The first-order valence-corrected chi connectivity index (χ1v) is 8.68. The highest BCUT2D eigenvalue weighted by molar-refractivity contribution is 6.32. The summed E-state index contributed by atoms with van der Waals surface area (Å²) in [5, 5.41) is 3.60. The van der Waals surface area contributed by atoms with Gasteiger partial charge in [-0.3, -0.25) is 9.69 Å². The lowest BCUT2D eigenvalue weighted by molar-refractivity contribution is -0.117. The summed E-state index contributed by atoms with van der Waals surface area (Å²) in [4.78, 5) is 14.2. The Morgan fingerprint density at radius 1 is 1.16 bits per heavy atom. The van der Waals surface area contributed by atoms with E-state index in [4.69, 9.17) is 16.3 Å². The van der Waals surface area contributed by atoms with Crippen molar-refractivity contribution in [1.82, 2.24) is 4.90 Å². The second-order valence-electron chi connectivity index (χ2n) is 6.34. The van der Waals surface area contributed by atoms with Crippen molar-refractivity contribution < 1.29 is 9.53 Å². The van der Waals surface area contributed by atoms with Crippen molar-refractivity contribution in [2.45, 2.75) is 20.8 Å². The molecule has 0 bridgehead atoms. The van der Waals surface area contributed by atoms with Gasteiger partial charge in [-0.05, 0) is 51.1 Å². The molecule has 1 N–H and O–H groups in total. The number of likely N-dealkylation sites (N-methyl/N-ethyl adjacent to an activating group) is 1. The van der Waals surface area contributed by atoms with Gasteiger partial charge in [-0.25, -0.2) is 0 Å². The van der Waals surface area contributed by atoms with Crippen molar-refractivity contribution in [3.63, 3.8) is 0 Å². The standard InChI is InChI=1S/C20H25ClN2O2/c1-14-11-15(2)20(16(3)12-14)22-19(24)13-23(4)9-10-25-18-8-6-5-7-17(18)21/h5-8,11-12H,9-10,13H2,1-4H3,(H,22,24). The van der Waals surface area contributed by atoms with Crippen LogP contribution in [0.25, 0.3) is 0 Å². The van der Waals surface area contributed by atoms with Crippen LogP contribution < -0.4 is 10.1 Å². The van der Waals surface area contributed by atoms with Gasteiger partial charge >= 0.3 is 0 Å². The van der Waals surface area contributed by atoms with Crippen molar-refractivity contribution in [3.8, 4) is 5.75 Å². The zero-order valence-corrected chi connectivity index (χ0v) is 16.0. The quantitative estimate of drug-likeness (QED) is 0.804. The van der Waals surface area contributed by atoms with Crippen molar-refractivity contribution in [2.75, 3.05) is 32.1 Å². The molecule has 0 radical (unpaired) electrons. The Kier molecular flexibility index (Phi) is 6.85. The van der Waals surface area contributed by atoms with Crippen LogP contribution in [0.3, 0.4) is 0 Å². The van der Waals surface area contributed by atoms with Crippen LogP contribution in [0.1, 0.15) is 16.7 Å². The number of nitrogens with zero attached hydrogens (tertiary/aromatic N) is 1. The predicted molar refractivity (Wildman–Crippen MR) is 104 cm³/mol. The molecule has 0 fully saturated rings. The summed E-state index contributed by atoms with van der Waals surface area (Å²) in [7, 11) is 1.89. The Morgan fingerprint density at radius 2 is 1.80 bits per heavy atom. The number of para-hydroxylation sites is 1. The number of rotatable bonds is 7. The average Bonchev–Trinajstić information content (AvgIpc) is 2.52. The Bertz CT molecular complexity index is 723. The number of amides is 1. The molecule has 2 aromatic rings. The van der Waals surface area contributed by atoms with Crippen LogP contribution in [0.4, 0.5) is 5.69 Å². The first kappa shape index (κ1) is 19.3. The smallest absolute Gasteiger partial charge is 0.238 e. The molecular formula is C20H25ClN2O2. The molecule has 0 spiro atoms. The number of ether oxygens (including phenoxy) is 1. The first-order chi connectivity index (χ1) is 11.9. The molecule has 0 aliphatic heterocycles. The van der Waals surface area contributed by atoms with E-state index in [2.05, 4.69) is 24.4 Å². The number of hydrogen-bond acceptors (Lipinski definition) is 3. The Balaban J connectivity index is 1.81. The van der Waals surface area contributed by atoms with Gasteiger partial charge in [0, 0.05) is 12.2 Å². The fourth-order valence-electron chi connectivity index (χ4n) is 2.75. The third kappa shape index (κ3) is 5.76. The third-order valence-electron chi connectivity index (χ3n) is 3.92. The van der Waals surface area contributed by atoms with Crippen LogP contribution in [0.15, 0.2) is 36.4 Å². The van der Waals surface area contributed by atoms with Gasteiger partial charge in [-0.1, -0.05) is 41.4 Å². The molecule has 25 heavy (non-hydrogen) atoms. The fraction of sp³-hybridized carbons (Fsp3) is 0.350.